The lowest BCUT2D eigenvalue weighted by Crippen LogP contribution is -2.02. The summed E-state index contributed by atoms with van der Waals surface area (Å²) in [6, 6.07) is 14.1. The number of ether oxygens (including phenoxy) is 2. The van der Waals surface area contributed by atoms with Gasteiger partial charge in [0, 0.05) is 34.6 Å². The van der Waals surface area contributed by atoms with Crippen molar-refractivity contribution < 1.29 is 23.2 Å². The molecular formula is C33H23Cl3N2O5. The van der Waals surface area contributed by atoms with Gasteiger partial charge in [0.25, 0.3) is 0 Å². The Hall–Kier alpha value is -3.96. The van der Waals surface area contributed by atoms with Crippen molar-refractivity contribution in [3.8, 4) is 28.8 Å². The first kappa shape index (κ1) is 27.8. The number of halogens is 3. The maximum Gasteiger partial charge on any atom is 0.341 e. The summed E-state index contributed by atoms with van der Waals surface area (Å²) in [5.41, 5.74) is 4.46. The van der Waals surface area contributed by atoms with Crippen molar-refractivity contribution in [1.82, 2.24) is 10.1 Å². The summed E-state index contributed by atoms with van der Waals surface area (Å²) < 4.78 is 22.7. The Morgan fingerprint density at radius 2 is 1.74 bits per heavy atom. The minimum absolute atomic E-state index is 0.199. The van der Waals surface area contributed by atoms with Crippen LogP contribution in [0.3, 0.4) is 0 Å². The molecule has 5 aromatic rings. The zero-order valence-electron chi connectivity index (χ0n) is 22.9. The minimum Gasteiger partial charge on any atom is -0.489 e. The minimum atomic E-state index is -0.510. The average Bonchev–Trinajstić information content (AvgIpc) is 3.94. The summed E-state index contributed by atoms with van der Waals surface area (Å²) in [6.07, 6.45) is 4.12. The van der Waals surface area contributed by atoms with E-state index in [1.54, 1.807) is 48.5 Å². The number of benzene rings is 3. The highest BCUT2D eigenvalue weighted by Crippen LogP contribution is 2.46. The molecule has 2 saturated carbocycles. The molecule has 0 amide bonds. The summed E-state index contributed by atoms with van der Waals surface area (Å²) in [7, 11) is 1.33. The largest absolute Gasteiger partial charge is 0.489 e. The fraction of sp³-hybridized carbons (Fsp3) is 0.242. The zero-order chi connectivity index (χ0) is 29.7. The van der Waals surface area contributed by atoms with Gasteiger partial charge >= 0.3 is 5.97 Å². The van der Waals surface area contributed by atoms with E-state index in [-0.39, 0.29) is 12.2 Å². The van der Waals surface area contributed by atoms with Crippen LogP contribution in [0, 0.1) is 11.8 Å². The average molecular weight is 634 g/mol. The Bertz CT molecular complexity index is 1940. The Kier molecular flexibility index (Phi) is 7.30. The highest BCUT2D eigenvalue weighted by atomic mass is 35.5. The lowest BCUT2D eigenvalue weighted by Gasteiger charge is -2.10. The zero-order valence-corrected chi connectivity index (χ0v) is 25.1. The molecule has 2 aliphatic carbocycles. The fourth-order valence-electron chi connectivity index (χ4n) is 4.92. The molecule has 216 valence electrons. The first-order valence-corrected chi connectivity index (χ1v) is 14.9. The third-order valence-corrected chi connectivity index (χ3v) is 8.41. The molecule has 0 radical (unpaired) electrons. The smallest absolute Gasteiger partial charge is 0.341 e. The van der Waals surface area contributed by atoms with Crippen molar-refractivity contribution >= 4 is 51.9 Å². The number of oxazole rings is 1. The second kappa shape index (κ2) is 11.3. The van der Waals surface area contributed by atoms with Crippen LogP contribution in [0.1, 0.15) is 76.2 Å². The molecule has 0 unspecified atom stereocenters. The lowest BCUT2D eigenvalue weighted by atomic mass is 10.0. The van der Waals surface area contributed by atoms with Crippen LogP contribution in [0.15, 0.2) is 57.5 Å². The van der Waals surface area contributed by atoms with Crippen LogP contribution < -0.4 is 4.74 Å². The third-order valence-electron chi connectivity index (χ3n) is 7.47. The number of carbonyl (C=O) groups excluding carboxylic acids is 1. The van der Waals surface area contributed by atoms with E-state index in [0.29, 0.717) is 72.0 Å². The molecule has 7 rings (SSSR count). The van der Waals surface area contributed by atoms with Crippen LogP contribution in [0.5, 0.6) is 5.75 Å². The first-order chi connectivity index (χ1) is 20.9. The molecule has 2 aliphatic rings. The highest BCUT2D eigenvalue weighted by molar-refractivity contribution is 6.39. The van der Waals surface area contributed by atoms with Gasteiger partial charge in [-0.05, 0) is 62.1 Å². The molecule has 2 heterocycles. The number of methoxy groups -OCH3 is 1. The van der Waals surface area contributed by atoms with Crippen molar-refractivity contribution in [1.29, 1.82) is 0 Å². The topological polar surface area (TPSA) is 87.6 Å². The molecule has 0 bridgehead atoms. The Morgan fingerprint density at radius 3 is 2.44 bits per heavy atom. The number of rotatable bonds is 7. The van der Waals surface area contributed by atoms with Crippen LogP contribution >= 0.6 is 34.8 Å². The van der Waals surface area contributed by atoms with E-state index in [9.17, 15) is 4.79 Å². The summed E-state index contributed by atoms with van der Waals surface area (Å²) in [6.45, 7) is 0.199. The van der Waals surface area contributed by atoms with Gasteiger partial charge in [-0.25, -0.2) is 9.78 Å². The molecule has 0 spiro atoms. The summed E-state index contributed by atoms with van der Waals surface area (Å²) in [5, 5.41) is 5.70. The van der Waals surface area contributed by atoms with E-state index in [2.05, 4.69) is 22.0 Å². The predicted octanol–water partition coefficient (Wildman–Crippen LogP) is 8.96. The summed E-state index contributed by atoms with van der Waals surface area (Å²) in [4.78, 5) is 17.1. The van der Waals surface area contributed by atoms with Gasteiger partial charge in [-0.1, -0.05) is 57.9 Å². The van der Waals surface area contributed by atoms with E-state index in [0.717, 1.165) is 37.0 Å². The number of hydrogen-bond donors (Lipinski definition) is 0. The Morgan fingerprint density at radius 1 is 0.977 bits per heavy atom. The van der Waals surface area contributed by atoms with Crippen LogP contribution in [0.2, 0.25) is 15.1 Å². The maximum absolute atomic E-state index is 12.5. The molecule has 7 nitrogen and oxygen atoms in total. The van der Waals surface area contributed by atoms with Crippen LogP contribution in [-0.2, 0) is 11.3 Å². The highest BCUT2D eigenvalue weighted by Gasteiger charge is 2.34. The van der Waals surface area contributed by atoms with Gasteiger partial charge in [-0.2, -0.15) is 0 Å². The van der Waals surface area contributed by atoms with Crippen LogP contribution in [-0.4, -0.2) is 23.2 Å². The number of hydrogen-bond acceptors (Lipinski definition) is 7. The van der Waals surface area contributed by atoms with E-state index in [4.69, 9.17) is 53.2 Å². The monoisotopic (exact) mass is 632 g/mol. The van der Waals surface area contributed by atoms with E-state index >= 15 is 0 Å². The fourth-order valence-corrected chi connectivity index (χ4v) is 5.71. The van der Waals surface area contributed by atoms with Gasteiger partial charge in [0.1, 0.15) is 34.9 Å². The van der Waals surface area contributed by atoms with Crippen molar-refractivity contribution in [2.75, 3.05) is 7.11 Å². The Balaban J connectivity index is 1.14. The second-order valence-electron chi connectivity index (χ2n) is 10.6. The molecule has 0 saturated heterocycles. The third kappa shape index (κ3) is 5.59. The maximum atomic E-state index is 12.5. The van der Waals surface area contributed by atoms with Gasteiger partial charge in [0.2, 0.25) is 0 Å². The number of esters is 1. The molecule has 3 aromatic carbocycles. The van der Waals surface area contributed by atoms with E-state index in [1.807, 2.05) is 0 Å². The van der Waals surface area contributed by atoms with Gasteiger partial charge < -0.3 is 18.4 Å². The molecule has 0 N–H and O–H groups in total. The summed E-state index contributed by atoms with van der Waals surface area (Å²) >= 11 is 19.6. The normalized spacial score (nSPS) is 14.4. The lowest BCUT2D eigenvalue weighted by molar-refractivity contribution is 0.0601. The Labute approximate surface area is 262 Å². The van der Waals surface area contributed by atoms with E-state index < -0.39 is 5.97 Å². The number of nitrogens with zero attached hydrogens (tertiary/aromatic N) is 2. The van der Waals surface area contributed by atoms with E-state index in [1.165, 1.54) is 7.11 Å². The molecule has 10 heteroatoms. The van der Waals surface area contributed by atoms with Crippen molar-refractivity contribution in [3.05, 3.63) is 97.5 Å². The standard InChI is InChI=1S/C33H23Cl3N2O5/c1-40-33(39)22-13-17(14-27-31(22)42-32(37-27)20-9-10-20)5-6-18-11-12-21(15-26(18)36)41-16-23-29(38-43-30(23)19-7-8-19)28-24(34)3-2-4-25(28)35/h2-4,11-15,19-20H,7-10,16H2,1H3. The predicted molar refractivity (Wildman–Crippen MR) is 163 cm³/mol. The van der Waals surface area contributed by atoms with Crippen molar-refractivity contribution in [2.45, 2.75) is 44.1 Å². The number of aromatic nitrogens is 2. The first-order valence-electron chi connectivity index (χ1n) is 13.8. The van der Waals surface area contributed by atoms with Gasteiger partial charge in [-0.3, -0.25) is 0 Å². The molecule has 2 aromatic heterocycles. The van der Waals surface area contributed by atoms with Crippen molar-refractivity contribution in [2.24, 2.45) is 0 Å². The van der Waals surface area contributed by atoms with Crippen molar-refractivity contribution in [3.63, 3.8) is 0 Å². The second-order valence-corrected chi connectivity index (χ2v) is 11.8. The van der Waals surface area contributed by atoms with Gasteiger partial charge in [0.15, 0.2) is 11.5 Å². The van der Waals surface area contributed by atoms with Crippen LogP contribution in [0.25, 0.3) is 22.4 Å². The molecule has 43 heavy (non-hydrogen) atoms. The van der Waals surface area contributed by atoms with Gasteiger partial charge in [0.05, 0.1) is 27.7 Å². The number of fused-ring (bicyclic) bond motifs is 1. The quantitative estimate of drug-likeness (QED) is 0.131. The van der Waals surface area contributed by atoms with Gasteiger partial charge in [-0.15, -0.1) is 0 Å². The molecule has 2 fully saturated rings. The van der Waals surface area contributed by atoms with Crippen LogP contribution in [0.4, 0.5) is 0 Å². The molecular weight excluding hydrogens is 611 g/mol. The molecule has 0 aliphatic heterocycles. The SMILES string of the molecule is COC(=O)c1cc(C#Cc2ccc(OCc3c(-c4c(Cl)cccc4Cl)noc3C3CC3)cc2Cl)cc2nc(C3CC3)oc12. The number of carbonyl (C=O) groups is 1. The molecule has 0 atom stereocenters. The summed E-state index contributed by atoms with van der Waals surface area (Å²) in [5.74, 6) is 8.27.